The predicted octanol–water partition coefficient (Wildman–Crippen LogP) is 0.666. The second kappa shape index (κ2) is 3.53. The number of nitrogens with zero attached hydrogens (tertiary/aromatic N) is 1. The largest absolute Gasteiger partial charge is 0.297 e. The second-order valence-electron chi connectivity index (χ2n) is 1.23. The van der Waals surface area contributed by atoms with Gasteiger partial charge in [0.15, 0.2) is 6.29 Å². The lowest BCUT2D eigenvalue weighted by Gasteiger charge is -1.80. The van der Waals surface area contributed by atoms with Crippen LogP contribution in [0.15, 0.2) is 4.99 Å². The van der Waals surface area contributed by atoms with Gasteiger partial charge in [0.2, 0.25) is 0 Å². The SMILES string of the molecule is CCN=C(C)C=O. The molecule has 0 aliphatic heterocycles. The van der Waals surface area contributed by atoms with Crippen LogP contribution in [0.5, 0.6) is 0 Å². The van der Waals surface area contributed by atoms with Crippen molar-refractivity contribution in [2.75, 3.05) is 6.54 Å². The molecule has 0 aliphatic rings. The molecule has 2 nitrogen and oxygen atoms in total. The summed E-state index contributed by atoms with van der Waals surface area (Å²) in [6, 6.07) is 0. The van der Waals surface area contributed by atoms with Crippen LogP contribution in [0.2, 0.25) is 0 Å². The maximum atomic E-state index is 9.76. The first-order chi connectivity index (χ1) is 3.31. The molecule has 0 fully saturated rings. The Morgan fingerprint density at radius 3 is 2.57 bits per heavy atom. The molecule has 0 amide bonds. The lowest BCUT2D eigenvalue weighted by atomic mass is 10.5. The van der Waals surface area contributed by atoms with E-state index in [-0.39, 0.29) is 0 Å². The predicted molar refractivity (Wildman–Crippen MR) is 29.7 cm³/mol. The Morgan fingerprint density at radius 1 is 1.86 bits per heavy atom. The van der Waals surface area contributed by atoms with Crippen LogP contribution in [-0.4, -0.2) is 18.5 Å². The quantitative estimate of drug-likeness (QED) is 0.369. The van der Waals surface area contributed by atoms with Gasteiger partial charge in [0, 0.05) is 6.54 Å². The van der Waals surface area contributed by atoms with Crippen LogP contribution in [0.3, 0.4) is 0 Å². The Labute approximate surface area is 43.3 Å². The van der Waals surface area contributed by atoms with Crippen molar-refractivity contribution >= 4 is 12.0 Å². The topological polar surface area (TPSA) is 29.4 Å². The summed E-state index contributed by atoms with van der Waals surface area (Å²) in [6.45, 7) is 4.29. The highest BCUT2D eigenvalue weighted by Crippen LogP contribution is 1.69. The Morgan fingerprint density at radius 2 is 2.43 bits per heavy atom. The third-order valence-corrected chi connectivity index (χ3v) is 0.578. The van der Waals surface area contributed by atoms with Crippen LogP contribution in [0.25, 0.3) is 0 Å². The van der Waals surface area contributed by atoms with Crippen molar-refractivity contribution in [3.63, 3.8) is 0 Å². The van der Waals surface area contributed by atoms with E-state index in [0.29, 0.717) is 12.3 Å². The van der Waals surface area contributed by atoms with Crippen LogP contribution >= 0.6 is 0 Å². The zero-order valence-corrected chi connectivity index (χ0v) is 4.64. The van der Waals surface area contributed by atoms with Crippen molar-refractivity contribution in [2.24, 2.45) is 4.99 Å². The van der Waals surface area contributed by atoms with E-state index in [0.717, 1.165) is 6.29 Å². The summed E-state index contributed by atoms with van der Waals surface area (Å²) in [6.07, 6.45) is 0.753. The Hall–Kier alpha value is -0.660. The van der Waals surface area contributed by atoms with Crippen molar-refractivity contribution in [3.05, 3.63) is 0 Å². The number of carbonyl (C=O) groups excluding carboxylic acids is 1. The summed E-state index contributed by atoms with van der Waals surface area (Å²) in [5.41, 5.74) is 0.572. The zero-order valence-electron chi connectivity index (χ0n) is 4.64. The molecule has 7 heavy (non-hydrogen) atoms. The first-order valence-corrected chi connectivity index (χ1v) is 2.27. The van der Waals surface area contributed by atoms with E-state index in [1.165, 1.54) is 0 Å². The van der Waals surface area contributed by atoms with Gasteiger partial charge in [-0.1, -0.05) is 0 Å². The smallest absolute Gasteiger partial charge is 0.163 e. The van der Waals surface area contributed by atoms with E-state index in [9.17, 15) is 4.79 Å². The number of hydrogen-bond acceptors (Lipinski definition) is 2. The van der Waals surface area contributed by atoms with Crippen LogP contribution in [0.4, 0.5) is 0 Å². The van der Waals surface area contributed by atoms with E-state index >= 15 is 0 Å². The third kappa shape index (κ3) is 3.16. The highest BCUT2D eigenvalue weighted by Gasteiger charge is 1.78. The van der Waals surface area contributed by atoms with E-state index in [1.807, 2.05) is 6.92 Å². The maximum Gasteiger partial charge on any atom is 0.163 e. The van der Waals surface area contributed by atoms with Gasteiger partial charge in [0.25, 0.3) is 0 Å². The summed E-state index contributed by atoms with van der Waals surface area (Å²) < 4.78 is 0. The third-order valence-electron chi connectivity index (χ3n) is 0.578. The second-order valence-corrected chi connectivity index (χ2v) is 1.23. The minimum Gasteiger partial charge on any atom is -0.297 e. The Balaban J connectivity index is 3.49. The molecule has 0 bridgehead atoms. The van der Waals surface area contributed by atoms with Gasteiger partial charge in [0.05, 0.1) is 5.71 Å². The molecule has 0 atom stereocenters. The number of carbonyl (C=O) groups is 1. The fraction of sp³-hybridized carbons (Fsp3) is 0.600. The fourth-order valence-corrected chi connectivity index (χ4v) is 0.287. The van der Waals surface area contributed by atoms with Gasteiger partial charge in [-0.25, -0.2) is 0 Å². The van der Waals surface area contributed by atoms with Gasteiger partial charge in [-0.3, -0.25) is 9.79 Å². The normalized spacial score (nSPS) is 11.4. The van der Waals surface area contributed by atoms with E-state index in [2.05, 4.69) is 4.99 Å². The zero-order chi connectivity index (χ0) is 5.70. The van der Waals surface area contributed by atoms with Crippen molar-refractivity contribution in [2.45, 2.75) is 13.8 Å². The van der Waals surface area contributed by atoms with E-state index in [1.54, 1.807) is 6.92 Å². The summed E-state index contributed by atoms with van der Waals surface area (Å²) in [5, 5.41) is 0. The molecule has 0 unspecified atom stereocenters. The van der Waals surface area contributed by atoms with Gasteiger partial charge < -0.3 is 0 Å². The van der Waals surface area contributed by atoms with E-state index in [4.69, 9.17) is 0 Å². The molecule has 40 valence electrons. The number of aliphatic imine (C=N–C) groups is 1. The molecule has 0 aliphatic carbocycles. The van der Waals surface area contributed by atoms with Gasteiger partial charge in [-0.15, -0.1) is 0 Å². The van der Waals surface area contributed by atoms with Gasteiger partial charge in [0.1, 0.15) is 0 Å². The summed E-state index contributed by atoms with van der Waals surface area (Å²) in [4.78, 5) is 13.6. The average Bonchev–Trinajstić information content (AvgIpc) is 1.68. The maximum absolute atomic E-state index is 9.76. The van der Waals surface area contributed by atoms with Crippen LogP contribution < -0.4 is 0 Å². The minimum atomic E-state index is 0.572. The molecule has 0 rings (SSSR count). The monoisotopic (exact) mass is 99.1 g/mol. The van der Waals surface area contributed by atoms with Gasteiger partial charge in [-0.05, 0) is 13.8 Å². The van der Waals surface area contributed by atoms with Crippen molar-refractivity contribution in [1.29, 1.82) is 0 Å². The molecule has 0 spiro atoms. The molecular formula is C5H9NO. The average molecular weight is 99.1 g/mol. The molecule has 0 saturated carbocycles. The van der Waals surface area contributed by atoms with Crippen molar-refractivity contribution in [3.8, 4) is 0 Å². The first-order valence-electron chi connectivity index (χ1n) is 2.27. The van der Waals surface area contributed by atoms with E-state index < -0.39 is 0 Å². The first kappa shape index (κ1) is 6.34. The number of aldehydes is 1. The lowest BCUT2D eigenvalue weighted by Crippen LogP contribution is -1.90. The number of hydrogen-bond donors (Lipinski definition) is 0. The summed E-state index contributed by atoms with van der Waals surface area (Å²) in [7, 11) is 0. The fourth-order valence-electron chi connectivity index (χ4n) is 0.287. The Bertz CT molecular complexity index is 86.1. The lowest BCUT2D eigenvalue weighted by molar-refractivity contribution is -0.102. The molecule has 0 aromatic carbocycles. The molecule has 0 saturated heterocycles. The molecular weight excluding hydrogens is 90.1 g/mol. The minimum absolute atomic E-state index is 0.572. The van der Waals surface area contributed by atoms with Crippen LogP contribution in [0.1, 0.15) is 13.8 Å². The highest BCUT2D eigenvalue weighted by atomic mass is 16.1. The molecule has 0 aromatic rings. The summed E-state index contributed by atoms with van der Waals surface area (Å²) in [5.74, 6) is 0. The van der Waals surface area contributed by atoms with Crippen molar-refractivity contribution in [1.82, 2.24) is 0 Å². The van der Waals surface area contributed by atoms with Crippen LogP contribution in [-0.2, 0) is 4.79 Å². The standard InChI is InChI=1S/C5H9NO/c1-3-6-5(2)4-7/h4H,3H2,1-2H3. The molecule has 0 radical (unpaired) electrons. The molecule has 0 heterocycles. The van der Waals surface area contributed by atoms with Gasteiger partial charge in [-0.2, -0.15) is 0 Å². The van der Waals surface area contributed by atoms with Crippen molar-refractivity contribution < 1.29 is 4.79 Å². The van der Waals surface area contributed by atoms with Gasteiger partial charge >= 0.3 is 0 Å². The van der Waals surface area contributed by atoms with Crippen LogP contribution in [0, 0.1) is 0 Å². The molecule has 0 N–H and O–H groups in total. The summed E-state index contributed by atoms with van der Waals surface area (Å²) >= 11 is 0. The highest BCUT2D eigenvalue weighted by molar-refractivity contribution is 6.26. The molecule has 2 heteroatoms. The Kier molecular flexibility index (Phi) is 3.19. The number of rotatable bonds is 2. The molecule has 0 aromatic heterocycles.